The largest absolute Gasteiger partial charge is 0.305 e. The number of hydrogen-bond donors (Lipinski definition) is 1. The molecule has 0 bridgehead atoms. The Kier molecular flexibility index (Phi) is 4.05. The van der Waals surface area contributed by atoms with Crippen molar-refractivity contribution in [3.05, 3.63) is 46.2 Å². The summed E-state index contributed by atoms with van der Waals surface area (Å²) in [6.07, 6.45) is 2.83. The maximum absolute atomic E-state index is 6.37. The van der Waals surface area contributed by atoms with Crippen molar-refractivity contribution in [3.8, 4) is 0 Å². The Morgan fingerprint density at radius 2 is 2.20 bits per heavy atom. The summed E-state index contributed by atoms with van der Waals surface area (Å²) in [5.41, 5.74) is 4.33. The molecule has 104 valence electrons. The molecule has 2 heterocycles. The number of rotatable bonds is 3. The maximum atomic E-state index is 6.37. The number of nitrogens with one attached hydrogen (secondary N) is 1. The average Bonchev–Trinajstić information content (AvgIpc) is 2.98. The van der Waals surface area contributed by atoms with Crippen LogP contribution in [0.3, 0.4) is 0 Å². The second-order valence-corrected chi connectivity index (χ2v) is 6.71. The SMILES string of the molecule is CCc1nnc2n1NC(/C=C(\Cl)c1ccc(Br)cc1)S2. The molecule has 4 nitrogen and oxygen atoms in total. The van der Waals surface area contributed by atoms with E-state index in [1.165, 1.54) is 0 Å². The fraction of sp³-hybridized carbons (Fsp3) is 0.231. The lowest BCUT2D eigenvalue weighted by Gasteiger charge is -2.08. The van der Waals surface area contributed by atoms with E-state index in [-0.39, 0.29) is 5.37 Å². The van der Waals surface area contributed by atoms with E-state index in [0.717, 1.165) is 32.5 Å². The van der Waals surface area contributed by atoms with Gasteiger partial charge >= 0.3 is 0 Å². The minimum Gasteiger partial charge on any atom is -0.305 e. The molecule has 7 heteroatoms. The molecule has 1 N–H and O–H groups in total. The summed E-state index contributed by atoms with van der Waals surface area (Å²) in [6, 6.07) is 7.93. The third-order valence-electron chi connectivity index (χ3n) is 2.92. The van der Waals surface area contributed by atoms with Crippen LogP contribution in [0.4, 0.5) is 0 Å². The quantitative estimate of drug-likeness (QED) is 0.889. The van der Waals surface area contributed by atoms with Crippen molar-refractivity contribution in [2.24, 2.45) is 0 Å². The fourth-order valence-corrected chi connectivity index (χ4v) is 3.44. The zero-order valence-electron chi connectivity index (χ0n) is 10.7. The second-order valence-electron chi connectivity index (χ2n) is 4.28. The van der Waals surface area contributed by atoms with Gasteiger partial charge in [0, 0.05) is 15.9 Å². The third-order valence-corrected chi connectivity index (χ3v) is 4.77. The van der Waals surface area contributed by atoms with Crippen LogP contribution in [0.5, 0.6) is 0 Å². The van der Waals surface area contributed by atoms with E-state index in [4.69, 9.17) is 11.6 Å². The molecule has 0 fully saturated rings. The van der Waals surface area contributed by atoms with Crippen molar-refractivity contribution in [2.75, 3.05) is 5.43 Å². The van der Waals surface area contributed by atoms with Gasteiger partial charge < -0.3 is 5.43 Å². The molecule has 0 radical (unpaired) electrons. The van der Waals surface area contributed by atoms with Crippen LogP contribution in [0, 0.1) is 0 Å². The Labute approximate surface area is 134 Å². The summed E-state index contributed by atoms with van der Waals surface area (Å²) >= 11 is 11.4. The molecule has 0 aliphatic carbocycles. The van der Waals surface area contributed by atoms with Gasteiger partial charge in [-0.25, -0.2) is 4.68 Å². The Balaban J connectivity index is 1.77. The van der Waals surface area contributed by atoms with Gasteiger partial charge in [0.15, 0.2) is 5.82 Å². The van der Waals surface area contributed by atoms with Crippen LogP contribution in [0.25, 0.3) is 5.03 Å². The van der Waals surface area contributed by atoms with E-state index >= 15 is 0 Å². The lowest BCUT2D eigenvalue weighted by atomic mass is 10.2. The first kappa shape index (κ1) is 14.0. The molecule has 0 spiro atoms. The monoisotopic (exact) mass is 370 g/mol. The van der Waals surface area contributed by atoms with Crippen LogP contribution in [0.15, 0.2) is 40.0 Å². The molecule has 1 unspecified atom stereocenters. The molecule has 20 heavy (non-hydrogen) atoms. The van der Waals surface area contributed by atoms with E-state index in [1.807, 2.05) is 35.0 Å². The minimum absolute atomic E-state index is 0.0712. The van der Waals surface area contributed by atoms with Crippen molar-refractivity contribution < 1.29 is 0 Å². The molecular formula is C13H12BrClN4S. The summed E-state index contributed by atoms with van der Waals surface area (Å²) in [5, 5.41) is 9.92. The first-order valence-electron chi connectivity index (χ1n) is 6.18. The van der Waals surface area contributed by atoms with Crippen molar-refractivity contribution >= 4 is 44.3 Å². The molecule has 1 aromatic carbocycles. The maximum Gasteiger partial charge on any atom is 0.212 e. The lowest BCUT2D eigenvalue weighted by Crippen LogP contribution is -2.18. The second kappa shape index (κ2) is 5.79. The van der Waals surface area contributed by atoms with Crippen molar-refractivity contribution in [1.82, 2.24) is 14.9 Å². The van der Waals surface area contributed by atoms with E-state index < -0.39 is 0 Å². The summed E-state index contributed by atoms with van der Waals surface area (Å²) in [5.74, 6) is 0.933. The Bertz CT molecular complexity index is 653. The predicted molar refractivity (Wildman–Crippen MR) is 86.4 cm³/mol. The summed E-state index contributed by atoms with van der Waals surface area (Å²) in [6.45, 7) is 2.06. The highest BCUT2D eigenvalue weighted by atomic mass is 79.9. The normalized spacial score (nSPS) is 17.9. The number of aryl methyl sites for hydroxylation is 1. The first-order valence-corrected chi connectivity index (χ1v) is 8.23. The van der Waals surface area contributed by atoms with Gasteiger partial charge in [0.2, 0.25) is 5.16 Å². The van der Waals surface area contributed by atoms with Crippen LogP contribution < -0.4 is 5.43 Å². The summed E-state index contributed by atoms with van der Waals surface area (Å²) in [7, 11) is 0. The van der Waals surface area contributed by atoms with Crippen molar-refractivity contribution in [3.63, 3.8) is 0 Å². The molecule has 1 aliphatic heterocycles. The van der Waals surface area contributed by atoms with Gasteiger partial charge in [-0.1, -0.05) is 58.3 Å². The number of nitrogens with zero attached hydrogens (tertiary/aromatic N) is 3. The van der Waals surface area contributed by atoms with E-state index in [9.17, 15) is 0 Å². The zero-order chi connectivity index (χ0) is 14.1. The average molecular weight is 372 g/mol. The van der Waals surface area contributed by atoms with Crippen molar-refractivity contribution in [1.29, 1.82) is 0 Å². The number of fused-ring (bicyclic) bond motifs is 1. The molecule has 2 aromatic rings. The van der Waals surface area contributed by atoms with Crippen LogP contribution in [-0.4, -0.2) is 20.2 Å². The Morgan fingerprint density at radius 1 is 1.45 bits per heavy atom. The highest BCUT2D eigenvalue weighted by Crippen LogP contribution is 2.31. The molecular weight excluding hydrogens is 360 g/mol. The van der Waals surface area contributed by atoms with E-state index in [0.29, 0.717) is 0 Å². The molecule has 0 saturated heterocycles. The zero-order valence-corrected chi connectivity index (χ0v) is 13.8. The van der Waals surface area contributed by atoms with Crippen LogP contribution >= 0.6 is 39.3 Å². The van der Waals surface area contributed by atoms with E-state index in [1.54, 1.807) is 11.8 Å². The Hall–Kier alpha value is -0.980. The number of benzene rings is 1. The van der Waals surface area contributed by atoms with Gasteiger partial charge in [0.25, 0.3) is 0 Å². The molecule has 1 aromatic heterocycles. The molecule has 1 atom stereocenters. The van der Waals surface area contributed by atoms with Gasteiger partial charge in [-0.05, 0) is 23.8 Å². The molecule has 3 rings (SSSR count). The predicted octanol–water partition coefficient (Wildman–Crippen LogP) is 3.86. The molecule has 0 amide bonds. The summed E-state index contributed by atoms with van der Waals surface area (Å²) in [4.78, 5) is 0. The standard InChI is InChI=1S/C13H12BrClN4S/c1-2-11-16-17-13-19(11)18-12(20-13)7-10(15)8-3-5-9(14)6-4-8/h3-7,12,18H,2H2,1H3/b10-7-. The van der Waals surface area contributed by atoms with Crippen LogP contribution in [0.2, 0.25) is 0 Å². The van der Waals surface area contributed by atoms with Gasteiger partial charge in [-0.3, -0.25) is 0 Å². The van der Waals surface area contributed by atoms with E-state index in [2.05, 4.69) is 38.5 Å². The smallest absolute Gasteiger partial charge is 0.212 e. The first-order chi connectivity index (χ1) is 9.67. The summed E-state index contributed by atoms with van der Waals surface area (Å²) < 4.78 is 2.97. The van der Waals surface area contributed by atoms with Gasteiger partial charge in [-0.2, -0.15) is 0 Å². The van der Waals surface area contributed by atoms with Crippen molar-refractivity contribution in [2.45, 2.75) is 23.9 Å². The molecule has 0 saturated carbocycles. The fourth-order valence-electron chi connectivity index (χ4n) is 1.91. The highest BCUT2D eigenvalue weighted by molar-refractivity contribution is 9.10. The third kappa shape index (κ3) is 2.73. The van der Waals surface area contributed by atoms with Gasteiger partial charge in [-0.15, -0.1) is 10.2 Å². The number of aromatic nitrogens is 3. The van der Waals surface area contributed by atoms with Gasteiger partial charge in [0.1, 0.15) is 5.37 Å². The van der Waals surface area contributed by atoms with Gasteiger partial charge in [0.05, 0.1) is 0 Å². The van der Waals surface area contributed by atoms with Crippen LogP contribution in [-0.2, 0) is 6.42 Å². The Morgan fingerprint density at radius 3 is 2.90 bits per heavy atom. The topological polar surface area (TPSA) is 42.7 Å². The minimum atomic E-state index is 0.0712. The molecule has 1 aliphatic rings. The number of hydrogen-bond acceptors (Lipinski definition) is 4. The highest BCUT2D eigenvalue weighted by Gasteiger charge is 2.24. The van der Waals surface area contributed by atoms with Crippen LogP contribution in [0.1, 0.15) is 18.3 Å². The number of thioether (sulfide) groups is 1. The number of halogens is 2. The lowest BCUT2D eigenvalue weighted by molar-refractivity contribution is 0.755.